The fraction of sp³-hybridized carbons (Fsp3) is 0.182. The van der Waals surface area contributed by atoms with E-state index in [4.69, 9.17) is 5.73 Å². The first-order valence-electron chi connectivity index (χ1n) is 5.29. The second-order valence-electron chi connectivity index (χ2n) is 3.94. The van der Waals surface area contributed by atoms with Crippen molar-refractivity contribution < 1.29 is 4.39 Å². The van der Waals surface area contributed by atoms with Crippen LogP contribution in [0.2, 0.25) is 0 Å². The highest BCUT2D eigenvalue weighted by molar-refractivity contribution is 7.99. The summed E-state index contributed by atoms with van der Waals surface area (Å²) in [5, 5.41) is 2.59. The van der Waals surface area contributed by atoms with Gasteiger partial charge < -0.3 is 5.73 Å². The van der Waals surface area contributed by atoms with Crippen molar-refractivity contribution in [2.75, 3.05) is 5.73 Å². The molecule has 0 radical (unpaired) electrons. The minimum absolute atomic E-state index is 0.244. The highest BCUT2D eigenvalue weighted by Gasteiger charge is 2.10. The maximum atomic E-state index is 13.3. The van der Waals surface area contributed by atoms with E-state index in [9.17, 15) is 14.0 Å². The topological polar surface area (TPSA) is 93.8 Å². The first-order chi connectivity index (χ1) is 8.88. The first kappa shape index (κ1) is 13.3. The SMILES string of the molecule is Cc1cc(Sc2nc(=O)c(=O)[nH]n2C)c(N)cc1F. The van der Waals surface area contributed by atoms with Gasteiger partial charge >= 0.3 is 11.1 Å². The van der Waals surface area contributed by atoms with Crippen LogP contribution in [0.4, 0.5) is 10.1 Å². The summed E-state index contributed by atoms with van der Waals surface area (Å²) in [4.78, 5) is 26.5. The van der Waals surface area contributed by atoms with Crippen molar-refractivity contribution in [3.05, 3.63) is 44.2 Å². The average molecular weight is 282 g/mol. The second kappa shape index (κ2) is 4.88. The van der Waals surface area contributed by atoms with Crippen LogP contribution in [0.3, 0.4) is 0 Å². The summed E-state index contributed by atoms with van der Waals surface area (Å²) >= 11 is 1.08. The van der Waals surface area contributed by atoms with Crippen molar-refractivity contribution in [1.29, 1.82) is 0 Å². The van der Waals surface area contributed by atoms with Gasteiger partial charge in [-0.15, -0.1) is 0 Å². The number of nitrogens with two attached hydrogens (primary N) is 1. The van der Waals surface area contributed by atoms with E-state index in [1.54, 1.807) is 20.0 Å². The Balaban J connectivity index is 2.47. The van der Waals surface area contributed by atoms with E-state index in [0.717, 1.165) is 11.8 Å². The van der Waals surface area contributed by atoms with Gasteiger partial charge in [0.25, 0.3) is 0 Å². The van der Waals surface area contributed by atoms with Crippen LogP contribution in [0.1, 0.15) is 5.56 Å². The molecule has 19 heavy (non-hydrogen) atoms. The Bertz CT molecular complexity index is 753. The van der Waals surface area contributed by atoms with Crippen LogP contribution in [0.25, 0.3) is 0 Å². The van der Waals surface area contributed by atoms with E-state index in [2.05, 4.69) is 10.1 Å². The van der Waals surface area contributed by atoms with Crippen molar-refractivity contribution >= 4 is 17.4 Å². The Hall–Kier alpha value is -2.09. The molecule has 3 N–H and O–H groups in total. The zero-order chi connectivity index (χ0) is 14.2. The van der Waals surface area contributed by atoms with Gasteiger partial charge in [-0.3, -0.25) is 19.4 Å². The number of hydrogen-bond acceptors (Lipinski definition) is 5. The summed E-state index contributed by atoms with van der Waals surface area (Å²) in [6, 6.07) is 2.77. The zero-order valence-electron chi connectivity index (χ0n) is 10.2. The van der Waals surface area contributed by atoms with E-state index in [1.807, 2.05) is 0 Å². The van der Waals surface area contributed by atoms with Crippen LogP contribution in [0.15, 0.2) is 31.8 Å². The Kier molecular flexibility index (Phi) is 3.43. The third-order valence-corrected chi connectivity index (χ3v) is 3.56. The van der Waals surface area contributed by atoms with Gasteiger partial charge in [-0.25, -0.2) is 4.39 Å². The van der Waals surface area contributed by atoms with Gasteiger partial charge in [0.2, 0.25) is 0 Å². The number of aromatic amines is 1. The molecule has 0 atom stereocenters. The first-order valence-corrected chi connectivity index (χ1v) is 6.11. The molecule has 2 rings (SSSR count). The van der Waals surface area contributed by atoms with Gasteiger partial charge in [0.15, 0.2) is 5.16 Å². The van der Waals surface area contributed by atoms with E-state index in [0.29, 0.717) is 10.5 Å². The zero-order valence-corrected chi connectivity index (χ0v) is 11.0. The molecule has 0 aliphatic heterocycles. The molecule has 100 valence electrons. The number of aryl methyl sites for hydroxylation is 2. The molecule has 0 fully saturated rings. The molecule has 0 bridgehead atoms. The maximum absolute atomic E-state index is 13.3. The molecule has 0 saturated heterocycles. The Labute approximate surface area is 111 Å². The summed E-state index contributed by atoms with van der Waals surface area (Å²) in [5.41, 5.74) is 4.72. The lowest BCUT2D eigenvalue weighted by molar-refractivity contribution is 0.596. The molecule has 2 aromatic rings. The lowest BCUT2D eigenvalue weighted by Gasteiger charge is -2.09. The summed E-state index contributed by atoms with van der Waals surface area (Å²) in [5.74, 6) is -0.398. The lowest BCUT2D eigenvalue weighted by atomic mass is 10.2. The number of nitrogen functional groups attached to an aromatic ring is 1. The quantitative estimate of drug-likeness (QED) is 0.623. The minimum atomic E-state index is -0.877. The van der Waals surface area contributed by atoms with Gasteiger partial charge in [-0.1, -0.05) is 0 Å². The molecule has 0 spiro atoms. The van der Waals surface area contributed by atoms with E-state index in [1.165, 1.54) is 10.7 Å². The molecular formula is C11H11FN4O2S. The predicted octanol–water partition coefficient (Wildman–Crippen LogP) is 0.650. The van der Waals surface area contributed by atoms with Gasteiger partial charge in [0.1, 0.15) is 5.82 Å². The number of H-pyrrole nitrogens is 1. The number of rotatable bonds is 2. The molecule has 1 heterocycles. The lowest BCUT2D eigenvalue weighted by Crippen LogP contribution is -2.33. The second-order valence-corrected chi connectivity index (χ2v) is 4.95. The fourth-order valence-electron chi connectivity index (χ4n) is 1.41. The van der Waals surface area contributed by atoms with Crippen LogP contribution in [-0.2, 0) is 7.05 Å². The monoisotopic (exact) mass is 282 g/mol. The number of benzene rings is 1. The van der Waals surface area contributed by atoms with E-state index >= 15 is 0 Å². The van der Waals surface area contributed by atoms with Crippen molar-refractivity contribution in [3.63, 3.8) is 0 Å². The van der Waals surface area contributed by atoms with Gasteiger partial charge in [0, 0.05) is 17.6 Å². The van der Waals surface area contributed by atoms with Crippen LogP contribution in [-0.4, -0.2) is 14.8 Å². The molecule has 8 heteroatoms. The number of halogens is 1. The predicted molar refractivity (Wildman–Crippen MR) is 69.8 cm³/mol. The molecule has 6 nitrogen and oxygen atoms in total. The van der Waals surface area contributed by atoms with Crippen LogP contribution < -0.4 is 16.9 Å². The number of nitrogens with zero attached hydrogens (tertiary/aromatic N) is 2. The normalized spacial score (nSPS) is 10.7. The summed E-state index contributed by atoms with van der Waals surface area (Å²) in [6.07, 6.45) is 0. The molecular weight excluding hydrogens is 271 g/mol. The third-order valence-electron chi connectivity index (χ3n) is 2.44. The number of aromatic nitrogens is 3. The van der Waals surface area contributed by atoms with Crippen molar-refractivity contribution in [1.82, 2.24) is 14.8 Å². The minimum Gasteiger partial charge on any atom is -0.398 e. The molecule has 0 unspecified atom stereocenters. The van der Waals surface area contributed by atoms with Crippen molar-refractivity contribution in [2.45, 2.75) is 17.0 Å². The molecule has 0 aliphatic carbocycles. The highest BCUT2D eigenvalue weighted by atomic mass is 32.2. The number of hydrogen-bond donors (Lipinski definition) is 2. The van der Waals surface area contributed by atoms with Gasteiger partial charge in [-0.05, 0) is 36.4 Å². The fourth-order valence-corrected chi connectivity index (χ4v) is 2.33. The number of nitrogens with one attached hydrogen (secondary N) is 1. The third kappa shape index (κ3) is 2.68. The smallest absolute Gasteiger partial charge is 0.339 e. The molecule has 1 aromatic carbocycles. The number of anilines is 1. The summed E-state index contributed by atoms with van der Waals surface area (Å²) < 4.78 is 14.6. The van der Waals surface area contributed by atoms with Gasteiger partial charge in [0.05, 0.1) is 0 Å². The van der Waals surface area contributed by atoms with Gasteiger partial charge in [-0.2, -0.15) is 4.98 Å². The average Bonchev–Trinajstić information content (AvgIpc) is 2.32. The van der Waals surface area contributed by atoms with Crippen molar-refractivity contribution in [2.24, 2.45) is 7.05 Å². The van der Waals surface area contributed by atoms with Crippen molar-refractivity contribution in [3.8, 4) is 0 Å². The van der Waals surface area contributed by atoms with Crippen LogP contribution >= 0.6 is 11.8 Å². The highest BCUT2D eigenvalue weighted by Crippen LogP contribution is 2.31. The standard InChI is InChI=1S/C11H11FN4O2S/c1-5-3-8(7(13)4-6(5)12)19-11-14-9(17)10(18)15-16(11)2/h3-4H,13H2,1-2H3,(H,15,18). The molecule has 0 saturated carbocycles. The Morgan fingerprint density at radius 2 is 2.11 bits per heavy atom. The van der Waals surface area contributed by atoms with Crippen LogP contribution in [0, 0.1) is 12.7 Å². The maximum Gasteiger partial charge on any atom is 0.339 e. The summed E-state index contributed by atoms with van der Waals surface area (Å²) in [6.45, 7) is 1.61. The molecule has 0 aliphatic rings. The summed E-state index contributed by atoms with van der Waals surface area (Å²) in [7, 11) is 1.54. The van der Waals surface area contributed by atoms with Crippen LogP contribution in [0.5, 0.6) is 0 Å². The van der Waals surface area contributed by atoms with E-state index < -0.39 is 16.9 Å². The molecule has 0 amide bonds. The largest absolute Gasteiger partial charge is 0.398 e. The Morgan fingerprint density at radius 1 is 1.42 bits per heavy atom. The Morgan fingerprint density at radius 3 is 2.79 bits per heavy atom. The van der Waals surface area contributed by atoms with E-state index in [-0.39, 0.29) is 10.8 Å². The molecule has 1 aromatic heterocycles.